The van der Waals surface area contributed by atoms with E-state index in [1.807, 2.05) is 74.5 Å². The summed E-state index contributed by atoms with van der Waals surface area (Å²) in [6.45, 7) is 4.39. The number of ether oxygens (including phenoxy) is 1. The van der Waals surface area contributed by atoms with Crippen LogP contribution in [0.1, 0.15) is 31.4 Å². The molecule has 0 spiro atoms. The molecule has 2 aromatic rings. The second-order valence-electron chi connectivity index (χ2n) is 5.80. The zero-order chi connectivity index (χ0) is 18.1. The van der Waals surface area contributed by atoms with Crippen LogP contribution in [0.2, 0.25) is 0 Å². The first-order valence-corrected chi connectivity index (χ1v) is 8.31. The van der Waals surface area contributed by atoms with E-state index < -0.39 is 0 Å². The van der Waals surface area contributed by atoms with Gasteiger partial charge in [-0.2, -0.15) is 5.26 Å². The number of benzene rings is 2. The van der Waals surface area contributed by atoms with E-state index in [1.54, 1.807) is 6.08 Å². The number of hydrogen-bond acceptors (Lipinski definition) is 3. The number of nitriles is 1. The highest BCUT2D eigenvalue weighted by Gasteiger charge is 2.11. The summed E-state index contributed by atoms with van der Waals surface area (Å²) in [6, 6.07) is 19.2. The van der Waals surface area contributed by atoms with Gasteiger partial charge in [0.25, 0.3) is 5.91 Å². The van der Waals surface area contributed by atoms with Crippen molar-refractivity contribution in [2.45, 2.75) is 32.9 Å². The van der Waals surface area contributed by atoms with Gasteiger partial charge in [-0.05, 0) is 42.7 Å². The van der Waals surface area contributed by atoms with Crippen LogP contribution < -0.4 is 10.1 Å². The summed E-state index contributed by atoms with van der Waals surface area (Å²) < 4.78 is 5.73. The highest BCUT2D eigenvalue weighted by atomic mass is 16.5. The predicted octanol–water partition coefficient (Wildman–Crippen LogP) is 4.09. The normalized spacial score (nSPS) is 12.1. The minimum Gasteiger partial charge on any atom is -0.489 e. The van der Waals surface area contributed by atoms with Gasteiger partial charge >= 0.3 is 0 Å². The average molecular weight is 334 g/mol. The van der Waals surface area contributed by atoms with E-state index in [-0.39, 0.29) is 17.5 Å². The molecule has 0 saturated carbocycles. The molecule has 25 heavy (non-hydrogen) atoms. The zero-order valence-corrected chi connectivity index (χ0v) is 14.5. The molecule has 0 aliphatic rings. The molecule has 0 aromatic heterocycles. The largest absolute Gasteiger partial charge is 0.489 e. The van der Waals surface area contributed by atoms with Gasteiger partial charge in [0.1, 0.15) is 24.0 Å². The molecule has 2 aromatic carbocycles. The third-order valence-corrected chi connectivity index (χ3v) is 3.79. The summed E-state index contributed by atoms with van der Waals surface area (Å²) in [5.74, 6) is 0.393. The van der Waals surface area contributed by atoms with Gasteiger partial charge in [0, 0.05) is 6.04 Å². The maximum Gasteiger partial charge on any atom is 0.262 e. The molecule has 1 atom stereocenters. The molecule has 0 unspecified atom stereocenters. The Kier molecular flexibility index (Phi) is 6.79. The van der Waals surface area contributed by atoms with Gasteiger partial charge in [-0.25, -0.2) is 0 Å². The second kappa shape index (κ2) is 9.29. The predicted molar refractivity (Wildman–Crippen MR) is 98.7 cm³/mol. The Morgan fingerprint density at radius 3 is 2.48 bits per heavy atom. The Morgan fingerprint density at radius 1 is 1.20 bits per heavy atom. The van der Waals surface area contributed by atoms with Gasteiger partial charge in [0.15, 0.2) is 0 Å². The lowest BCUT2D eigenvalue weighted by atomic mass is 10.1. The monoisotopic (exact) mass is 334 g/mol. The number of nitrogens with one attached hydrogen (secondary N) is 1. The van der Waals surface area contributed by atoms with E-state index in [0.29, 0.717) is 6.61 Å². The van der Waals surface area contributed by atoms with Crippen LogP contribution >= 0.6 is 0 Å². The molecular formula is C21H22N2O2. The molecule has 4 heteroatoms. The lowest BCUT2D eigenvalue weighted by molar-refractivity contribution is -0.117. The van der Waals surface area contributed by atoms with Gasteiger partial charge < -0.3 is 10.1 Å². The van der Waals surface area contributed by atoms with Crippen molar-refractivity contribution >= 4 is 12.0 Å². The van der Waals surface area contributed by atoms with E-state index in [4.69, 9.17) is 4.74 Å². The number of amides is 1. The van der Waals surface area contributed by atoms with E-state index in [0.717, 1.165) is 23.3 Å². The molecular weight excluding hydrogens is 312 g/mol. The maximum atomic E-state index is 12.0. The highest BCUT2D eigenvalue weighted by Crippen LogP contribution is 2.16. The van der Waals surface area contributed by atoms with Crippen molar-refractivity contribution in [3.63, 3.8) is 0 Å². The van der Waals surface area contributed by atoms with Crippen molar-refractivity contribution in [3.8, 4) is 11.8 Å². The Hall–Kier alpha value is -3.06. The van der Waals surface area contributed by atoms with Crippen LogP contribution in [0.3, 0.4) is 0 Å². The van der Waals surface area contributed by atoms with Crippen molar-refractivity contribution in [2.24, 2.45) is 0 Å². The van der Waals surface area contributed by atoms with Crippen LogP contribution in [0.5, 0.6) is 5.75 Å². The molecule has 1 amide bonds. The molecule has 1 N–H and O–H groups in total. The fourth-order valence-corrected chi connectivity index (χ4v) is 2.12. The summed E-state index contributed by atoms with van der Waals surface area (Å²) in [4.78, 5) is 12.0. The van der Waals surface area contributed by atoms with Gasteiger partial charge in [0.2, 0.25) is 0 Å². The van der Waals surface area contributed by atoms with E-state index in [9.17, 15) is 10.1 Å². The quantitative estimate of drug-likeness (QED) is 0.613. The third kappa shape index (κ3) is 5.82. The van der Waals surface area contributed by atoms with Crippen LogP contribution in [0.15, 0.2) is 60.2 Å². The first kappa shape index (κ1) is 18.3. The van der Waals surface area contributed by atoms with Crippen LogP contribution in [0.4, 0.5) is 0 Å². The van der Waals surface area contributed by atoms with Crippen LogP contribution in [0.25, 0.3) is 6.08 Å². The molecule has 2 rings (SSSR count). The highest BCUT2D eigenvalue weighted by molar-refractivity contribution is 6.01. The van der Waals surface area contributed by atoms with Crippen molar-refractivity contribution in [1.82, 2.24) is 5.32 Å². The van der Waals surface area contributed by atoms with Crippen LogP contribution in [0, 0.1) is 11.3 Å². The summed E-state index contributed by atoms with van der Waals surface area (Å²) in [7, 11) is 0. The topological polar surface area (TPSA) is 62.1 Å². The molecule has 4 nitrogen and oxygen atoms in total. The summed E-state index contributed by atoms with van der Waals surface area (Å²) in [5, 5.41) is 12.0. The number of carbonyl (C=O) groups is 1. The van der Waals surface area contributed by atoms with E-state index in [1.165, 1.54) is 0 Å². The Labute approximate surface area is 148 Å². The minimum absolute atomic E-state index is 0.0398. The Balaban J connectivity index is 2.00. The molecule has 0 fully saturated rings. The Bertz CT molecular complexity index is 759. The molecule has 0 bridgehead atoms. The lowest BCUT2D eigenvalue weighted by Gasteiger charge is -2.10. The standard InChI is InChI=1S/C21H22N2O2/c1-3-16(2)23-21(24)19(14-22)13-17-9-11-20(12-10-17)25-15-18-7-5-4-6-8-18/h4-13,16H,3,15H2,1-2H3,(H,23,24)/b19-13+/t16-/m1/s1. The number of hydrogen-bond donors (Lipinski definition) is 1. The van der Waals surface area contributed by atoms with Crippen molar-refractivity contribution in [3.05, 3.63) is 71.3 Å². The summed E-state index contributed by atoms with van der Waals surface area (Å²) >= 11 is 0. The SMILES string of the molecule is CC[C@@H](C)NC(=O)/C(C#N)=C/c1ccc(OCc2ccccc2)cc1. The van der Waals surface area contributed by atoms with Crippen molar-refractivity contribution in [2.75, 3.05) is 0 Å². The van der Waals surface area contributed by atoms with Crippen molar-refractivity contribution < 1.29 is 9.53 Å². The summed E-state index contributed by atoms with van der Waals surface area (Å²) in [5.41, 5.74) is 1.97. The second-order valence-corrected chi connectivity index (χ2v) is 5.80. The van der Waals surface area contributed by atoms with Gasteiger partial charge in [-0.15, -0.1) is 0 Å². The van der Waals surface area contributed by atoms with Crippen LogP contribution in [-0.2, 0) is 11.4 Å². The van der Waals surface area contributed by atoms with E-state index >= 15 is 0 Å². The molecule has 128 valence electrons. The average Bonchev–Trinajstić information content (AvgIpc) is 2.66. The van der Waals surface area contributed by atoms with Crippen molar-refractivity contribution in [1.29, 1.82) is 5.26 Å². The van der Waals surface area contributed by atoms with Gasteiger partial charge in [-0.1, -0.05) is 49.4 Å². The fraction of sp³-hybridized carbons (Fsp3) is 0.238. The third-order valence-electron chi connectivity index (χ3n) is 3.79. The number of rotatable bonds is 7. The first-order chi connectivity index (χ1) is 12.1. The Morgan fingerprint density at radius 2 is 1.88 bits per heavy atom. The fourth-order valence-electron chi connectivity index (χ4n) is 2.12. The maximum absolute atomic E-state index is 12.0. The van der Waals surface area contributed by atoms with Gasteiger partial charge in [0.05, 0.1) is 0 Å². The molecule has 0 aliphatic heterocycles. The van der Waals surface area contributed by atoms with Crippen LogP contribution in [-0.4, -0.2) is 11.9 Å². The van der Waals surface area contributed by atoms with Gasteiger partial charge in [-0.3, -0.25) is 4.79 Å². The zero-order valence-electron chi connectivity index (χ0n) is 14.5. The molecule has 0 aliphatic carbocycles. The smallest absolute Gasteiger partial charge is 0.262 e. The lowest BCUT2D eigenvalue weighted by Crippen LogP contribution is -2.32. The molecule has 0 saturated heterocycles. The first-order valence-electron chi connectivity index (χ1n) is 8.31. The number of carbonyl (C=O) groups excluding carboxylic acids is 1. The number of nitrogens with zero attached hydrogens (tertiary/aromatic N) is 1. The molecule has 0 radical (unpaired) electrons. The minimum atomic E-state index is -0.346. The van der Waals surface area contributed by atoms with E-state index in [2.05, 4.69) is 5.32 Å². The summed E-state index contributed by atoms with van der Waals surface area (Å²) in [6.07, 6.45) is 2.40. The molecule has 0 heterocycles.